The molecule has 42 heavy (non-hydrogen) atoms. The van der Waals surface area contributed by atoms with Crippen molar-refractivity contribution in [3.8, 4) is 33.4 Å². The summed E-state index contributed by atoms with van der Waals surface area (Å²) >= 11 is 0. The lowest BCUT2D eigenvalue weighted by Crippen LogP contribution is -2.20. The number of hydrogen-bond acceptors (Lipinski definition) is 2. The smallest absolute Gasteiger partial charge is 0.0702 e. The number of unbranched alkanes of at least 4 members (excludes halogenated alkanes) is 5. The zero-order chi connectivity index (χ0) is 28.5. The number of benzene rings is 4. The van der Waals surface area contributed by atoms with Crippen LogP contribution in [0.4, 0.5) is 0 Å². The maximum Gasteiger partial charge on any atom is 0.0702 e. The Hall–Kier alpha value is -4.30. The summed E-state index contributed by atoms with van der Waals surface area (Å²) < 4.78 is 0. The number of hydrogen-bond donors (Lipinski definition) is 0. The van der Waals surface area contributed by atoms with E-state index >= 15 is 0 Å². The minimum absolute atomic E-state index is 0.0456. The average Bonchev–Trinajstić information content (AvgIpc) is 3.29. The zero-order valence-corrected chi connectivity index (χ0v) is 24.7. The Morgan fingerprint density at radius 3 is 1.57 bits per heavy atom. The Morgan fingerprint density at radius 2 is 1.02 bits per heavy atom. The summed E-state index contributed by atoms with van der Waals surface area (Å²) in [5.74, 6) is 0. The predicted octanol–water partition coefficient (Wildman–Crippen LogP) is 11.2. The molecule has 2 nitrogen and oxygen atoms in total. The number of aromatic nitrogens is 2. The molecule has 0 radical (unpaired) electrons. The van der Waals surface area contributed by atoms with Crippen LogP contribution in [-0.2, 0) is 5.41 Å². The molecule has 0 aliphatic heterocycles. The van der Waals surface area contributed by atoms with Gasteiger partial charge < -0.3 is 0 Å². The molecule has 0 spiro atoms. The van der Waals surface area contributed by atoms with Crippen molar-refractivity contribution in [2.75, 3.05) is 0 Å². The van der Waals surface area contributed by atoms with Crippen LogP contribution in [0.3, 0.4) is 0 Å². The van der Waals surface area contributed by atoms with Crippen molar-refractivity contribution < 1.29 is 0 Å². The molecular formula is C40H38N2. The van der Waals surface area contributed by atoms with Crippen molar-refractivity contribution in [3.63, 3.8) is 0 Å². The second-order valence-electron chi connectivity index (χ2n) is 12.2. The van der Waals surface area contributed by atoms with Gasteiger partial charge in [-0.1, -0.05) is 113 Å². The lowest BCUT2D eigenvalue weighted by atomic mass is 9.75. The fraction of sp³-hybridized carbons (Fsp3) is 0.250. The van der Waals surface area contributed by atoms with Gasteiger partial charge in [-0.15, -0.1) is 0 Å². The second-order valence-corrected chi connectivity index (χ2v) is 12.2. The van der Waals surface area contributed by atoms with Crippen molar-refractivity contribution in [3.05, 3.63) is 121 Å². The minimum atomic E-state index is -0.0456. The summed E-state index contributed by atoms with van der Waals surface area (Å²) in [5, 5.41) is 2.37. The topological polar surface area (TPSA) is 25.8 Å². The van der Waals surface area contributed by atoms with Crippen LogP contribution in [0, 0.1) is 0 Å². The lowest BCUT2D eigenvalue weighted by Gasteiger charge is -2.28. The molecule has 6 aromatic rings. The fourth-order valence-corrected chi connectivity index (χ4v) is 6.96. The first-order valence-electron chi connectivity index (χ1n) is 15.6. The number of fused-ring (bicyclic) bond motifs is 5. The van der Waals surface area contributed by atoms with E-state index in [-0.39, 0.29) is 5.41 Å². The zero-order valence-electron chi connectivity index (χ0n) is 24.7. The molecular weight excluding hydrogens is 508 g/mol. The van der Waals surface area contributed by atoms with Crippen molar-refractivity contribution in [2.45, 2.75) is 64.2 Å². The van der Waals surface area contributed by atoms with Gasteiger partial charge in [0.2, 0.25) is 0 Å². The molecule has 7 rings (SSSR count). The van der Waals surface area contributed by atoms with Gasteiger partial charge in [0.1, 0.15) is 0 Å². The van der Waals surface area contributed by atoms with Gasteiger partial charge in [0, 0.05) is 39.7 Å². The summed E-state index contributed by atoms with van der Waals surface area (Å²) in [4.78, 5) is 9.55. The number of pyridine rings is 2. The molecule has 0 fully saturated rings. The molecule has 0 unspecified atom stereocenters. The maximum absolute atomic E-state index is 4.77. The van der Waals surface area contributed by atoms with E-state index in [0.717, 1.165) is 17.5 Å². The van der Waals surface area contributed by atoms with Crippen LogP contribution in [-0.4, -0.2) is 9.97 Å². The quantitative estimate of drug-likeness (QED) is 0.169. The minimum Gasteiger partial charge on any atom is -0.256 e. The number of nitrogens with zero attached hydrogens (tertiary/aromatic N) is 2. The summed E-state index contributed by atoms with van der Waals surface area (Å²) in [7, 11) is 0. The predicted molar refractivity (Wildman–Crippen MR) is 178 cm³/mol. The summed E-state index contributed by atoms with van der Waals surface area (Å²) in [6, 6.07) is 35.5. The van der Waals surface area contributed by atoms with Crippen molar-refractivity contribution >= 4 is 21.8 Å². The third-order valence-corrected chi connectivity index (χ3v) is 9.40. The molecule has 1 aliphatic rings. The molecule has 208 valence electrons. The van der Waals surface area contributed by atoms with Gasteiger partial charge >= 0.3 is 0 Å². The van der Waals surface area contributed by atoms with Gasteiger partial charge in [0.25, 0.3) is 0 Å². The third kappa shape index (κ3) is 4.79. The molecule has 0 N–H and O–H groups in total. The fourth-order valence-electron chi connectivity index (χ4n) is 6.96. The third-order valence-electron chi connectivity index (χ3n) is 9.40. The molecule has 0 atom stereocenters. The molecule has 0 bridgehead atoms. The van der Waals surface area contributed by atoms with Crippen LogP contribution >= 0.6 is 0 Å². The Morgan fingerprint density at radius 1 is 0.524 bits per heavy atom. The van der Waals surface area contributed by atoms with Gasteiger partial charge in [-0.3, -0.25) is 9.97 Å². The Labute approximate surface area is 249 Å². The van der Waals surface area contributed by atoms with Gasteiger partial charge in [0.05, 0.1) is 11.0 Å². The van der Waals surface area contributed by atoms with Crippen LogP contribution < -0.4 is 0 Å². The van der Waals surface area contributed by atoms with E-state index in [0.29, 0.717) is 0 Å². The van der Waals surface area contributed by atoms with Crippen LogP contribution in [0.15, 0.2) is 109 Å². The molecule has 2 heteroatoms. The molecule has 2 heterocycles. The Bertz CT molecular complexity index is 1770. The van der Waals surface area contributed by atoms with Crippen molar-refractivity contribution in [1.82, 2.24) is 9.97 Å². The van der Waals surface area contributed by atoms with Gasteiger partial charge in [-0.2, -0.15) is 0 Å². The van der Waals surface area contributed by atoms with Crippen LogP contribution in [0.5, 0.6) is 0 Å². The van der Waals surface area contributed by atoms with Crippen molar-refractivity contribution in [1.29, 1.82) is 0 Å². The van der Waals surface area contributed by atoms with E-state index in [1.54, 1.807) is 0 Å². The maximum atomic E-state index is 4.77. The first-order valence-corrected chi connectivity index (χ1v) is 15.6. The highest BCUT2D eigenvalue weighted by Crippen LogP contribution is 2.53. The Balaban J connectivity index is 1.29. The molecule has 4 aromatic carbocycles. The highest BCUT2D eigenvalue weighted by Gasteiger charge is 2.39. The van der Waals surface area contributed by atoms with Gasteiger partial charge in [-0.05, 0) is 76.2 Å². The molecule has 0 amide bonds. The van der Waals surface area contributed by atoms with E-state index < -0.39 is 0 Å². The molecule has 0 saturated heterocycles. The van der Waals surface area contributed by atoms with Crippen LogP contribution in [0.25, 0.3) is 55.2 Å². The molecule has 0 saturated carbocycles. The van der Waals surface area contributed by atoms with E-state index in [1.165, 1.54) is 93.8 Å². The largest absolute Gasteiger partial charge is 0.256 e. The van der Waals surface area contributed by atoms with Gasteiger partial charge in [0.15, 0.2) is 0 Å². The standard InChI is InChI=1S/C40H38N2/c1-3-4-5-6-7-12-21-40(2)36-24-28(32-22-30-13-8-10-15-38(30)41-26-32)17-19-34(36)35-20-18-29(25-37(35)40)33-23-31-14-9-11-16-39(31)42-27-33/h8-11,13-20,22-27H,3-7,12,21H2,1-2H3. The Kier molecular flexibility index (Phi) is 7.07. The van der Waals surface area contributed by atoms with Crippen molar-refractivity contribution in [2.24, 2.45) is 0 Å². The summed E-state index contributed by atoms with van der Waals surface area (Å²) in [5.41, 5.74) is 12.5. The van der Waals surface area contributed by atoms with E-state index in [1.807, 2.05) is 12.4 Å². The van der Waals surface area contributed by atoms with Crippen LogP contribution in [0.1, 0.15) is 69.9 Å². The van der Waals surface area contributed by atoms with E-state index in [9.17, 15) is 0 Å². The SMILES string of the molecule is CCCCCCCCC1(C)c2cc(-c3cnc4ccccc4c3)ccc2-c2ccc(-c3cnc4ccccc4c3)cc21. The van der Waals surface area contributed by atoms with Gasteiger partial charge in [-0.25, -0.2) is 0 Å². The molecule has 2 aromatic heterocycles. The average molecular weight is 547 g/mol. The summed E-state index contributed by atoms with van der Waals surface area (Å²) in [6.07, 6.45) is 13.0. The lowest BCUT2D eigenvalue weighted by molar-refractivity contribution is 0.481. The first-order chi connectivity index (χ1) is 20.6. The molecule has 1 aliphatic carbocycles. The van der Waals surface area contributed by atoms with E-state index in [4.69, 9.17) is 9.97 Å². The highest BCUT2D eigenvalue weighted by molar-refractivity contribution is 5.89. The summed E-state index contributed by atoms with van der Waals surface area (Å²) in [6.45, 7) is 4.77. The second kappa shape index (κ2) is 11.2. The number of para-hydroxylation sites is 2. The van der Waals surface area contributed by atoms with E-state index in [2.05, 4.69) is 111 Å². The normalized spacial score (nSPS) is 13.4. The number of rotatable bonds is 9. The monoisotopic (exact) mass is 546 g/mol. The highest BCUT2D eigenvalue weighted by atomic mass is 14.7. The first kappa shape index (κ1) is 26.6. The van der Waals surface area contributed by atoms with Crippen LogP contribution in [0.2, 0.25) is 0 Å².